The highest BCUT2D eigenvalue weighted by Gasteiger charge is 2.40. The molecule has 0 aromatic heterocycles. The number of esters is 1. The maximum absolute atomic E-state index is 12.4. The molecule has 0 saturated heterocycles. The summed E-state index contributed by atoms with van der Waals surface area (Å²) in [4.78, 5) is 14.6. The van der Waals surface area contributed by atoms with Crippen LogP contribution in [0.1, 0.15) is 124 Å². The summed E-state index contributed by atoms with van der Waals surface area (Å²) in [5.41, 5.74) is 0. The second-order valence-electron chi connectivity index (χ2n) is 11.1. The molecule has 1 aliphatic rings. The molecule has 0 heterocycles. The van der Waals surface area contributed by atoms with E-state index in [1.54, 1.807) is 0 Å². The minimum absolute atomic E-state index is 0.000814. The van der Waals surface area contributed by atoms with Crippen LogP contribution >= 0.6 is 0 Å². The van der Waals surface area contributed by atoms with Crippen LogP contribution in [-0.4, -0.2) is 63.5 Å². The molecule has 0 bridgehead atoms. The Bertz CT molecular complexity index is 499. The number of hydrogen-bond acceptors (Lipinski definition) is 5. The zero-order valence-electron chi connectivity index (χ0n) is 24.0. The van der Waals surface area contributed by atoms with Gasteiger partial charge in [-0.05, 0) is 52.1 Å². The molecule has 1 aliphatic carbocycles. The third-order valence-corrected chi connectivity index (χ3v) is 7.37. The number of hydrogen-bond donors (Lipinski definition) is 0. The molecule has 1 saturated carbocycles. The summed E-state index contributed by atoms with van der Waals surface area (Å²) in [7, 11) is 4.17. The fourth-order valence-corrected chi connectivity index (χ4v) is 4.49. The Morgan fingerprint density at radius 1 is 0.800 bits per heavy atom. The van der Waals surface area contributed by atoms with E-state index in [0.717, 1.165) is 51.9 Å². The molecule has 0 radical (unpaired) electrons. The Morgan fingerprint density at radius 2 is 1.34 bits per heavy atom. The lowest BCUT2D eigenvalue weighted by Crippen LogP contribution is -2.37. The molecule has 35 heavy (non-hydrogen) atoms. The third kappa shape index (κ3) is 17.4. The molecule has 208 valence electrons. The molecule has 0 aromatic rings. The predicted molar refractivity (Wildman–Crippen MR) is 147 cm³/mol. The van der Waals surface area contributed by atoms with E-state index >= 15 is 0 Å². The minimum atomic E-state index is -0.00876. The van der Waals surface area contributed by atoms with E-state index in [0.29, 0.717) is 18.6 Å². The van der Waals surface area contributed by atoms with Gasteiger partial charge in [-0.3, -0.25) is 4.79 Å². The summed E-state index contributed by atoms with van der Waals surface area (Å²) < 4.78 is 17.6. The molecule has 5 heteroatoms. The van der Waals surface area contributed by atoms with Crippen molar-refractivity contribution in [3.63, 3.8) is 0 Å². The van der Waals surface area contributed by atoms with Crippen molar-refractivity contribution >= 4 is 5.97 Å². The molecule has 0 spiro atoms. The highest BCUT2D eigenvalue weighted by atomic mass is 16.5. The van der Waals surface area contributed by atoms with Crippen molar-refractivity contribution in [2.75, 3.05) is 40.5 Å². The molecule has 0 amide bonds. The minimum Gasteiger partial charge on any atom is -0.462 e. The lowest BCUT2D eigenvalue weighted by Gasteiger charge is -2.24. The second-order valence-corrected chi connectivity index (χ2v) is 11.1. The van der Waals surface area contributed by atoms with E-state index in [4.69, 9.17) is 14.2 Å². The first kappa shape index (κ1) is 32.4. The molecular weight excluding hydrogens is 438 g/mol. The molecule has 1 rings (SSSR count). The summed E-state index contributed by atoms with van der Waals surface area (Å²) >= 11 is 0. The predicted octanol–water partition coefficient (Wildman–Crippen LogP) is 7.41. The van der Waals surface area contributed by atoms with Crippen molar-refractivity contribution in [2.24, 2.45) is 11.8 Å². The number of unbranched alkanes of at least 4 members (excludes halogenated alkanes) is 10. The lowest BCUT2D eigenvalue weighted by atomic mass is 10.0. The summed E-state index contributed by atoms with van der Waals surface area (Å²) in [5.74, 6) is 0.617. The molecule has 0 aromatic carbocycles. The smallest absolute Gasteiger partial charge is 0.308 e. The number of carbonyl (C=O) groups excluding carboxylic acids is 1. The Kier molecular flexibility index (Phi) is 19.8. The second kappa shape index (κ2) is 21.4. The third-order valence-electron chi connectivity index (χ3n) is 7.37. The van der Waals surface area contributed by atoms with E-state index in [-0.39, 0.29) is 18.0 Å². The highest BCUT2D eigenvalue weighted by molar-refractivity contribution is 5.72. The van der Waals surface area contributed by atoms with Crippen molar-refractivity contribution in [1.29, 1.82) is 0 Å². The van der Waals surface area contributed by atoms with E-state index in [9.17, 15) is 4.79 Å². The van der Waals surface area contributed by atoms with Crippen molar-refractivity contribution in [3.05, 3.63) is 0 Å². The fourth-order valence-electron chi connectivity index (χ4n) is 4.49. The first-order valence-corrected chi connectivity index (χ1v) is 15.0. The van der Waals surface area contributed by atoms with Crippen molar-refractivity contribution in [1.82, 2.24) is 4.90 Å². The van der Waals surface area contributed by atoms with Gasteiger partial charge in [0.2, 0.25) is 0 Å². The number of carbonyl (C=O) groups is 1. The molecule has 4 unspecified atom stereocenters. The van der Waals surface area contributed by atoms with Crippen molar-refractivity contribution < 1.29 is 19.0 Å². The summed E-state index contributed by atoms with van der Waals surface area (Å²) in [6.07, 6.45) is 19.7. The average molecular weight is 498 g/mol. The van der Waals surface area contributed by atoms with Crippen molar-refractivity contribution in [2.45, 2.75) is 136 Å². The number of nitrogens with zero attached hydrogens (tertiary/aromatic N) is 1. The van der Waals surface area contributed by atoms with Gasteiger partial charge in [-0.15, -0.1) is 0 Å². The first-order chi connectivity index (χ1) is 17.0. The Morgan fingerprint density at radius 3 is 1.94 bits per heavy atom. The standard InChI is InChI=1S/C30H59NO4/c1-6-8-10-12-13-15-20-27-23-29(27)35-30(32)26(3)19-16-18-22-34-25-28(31(4)5)24-33-21-17-14-11-9-7-2/h26-29H,6-25H2,1-5H3. The van der Waals surface area contributed by atoms with E-state index in [1.807, 2.05) is 6.92 Å². The molecule has 1 fully saturated rings. The quantitative estimate of drug-likeness (QED) is 0.0970. The summed E-state index contributed by atoms with van der Waals surface area (Å²) in [6, 6.07) is 0.294. The van der Waals surface area contributed by atoms with Gasteiger partial charge in [0.05, 0.1) is 25.2 Å². The van der Waals surface area contributed by atoms with E-state index in [1.165, 1.54) is 70.6 Å². The van der Waals surface area contributed by atoms with Gasteiger partial charge in [0.25, 0.3) is 0 Å². The van der Waals surface area contributed by atoms with E-state index < -0.39 is 0 Å². The molecule has 5 nitrogen and oxygen atoms in total. The zero-order chi connectivity index (χ0) is 25.7. The van der Waals surface area contributed by atoms with Gasteiger partial charge < -0.3 is 19.1 Å². The van der Waals surface area contributed by atoms with Crippen LogP contribution in [0.3, 0.4) is 0 Å². The maximum atomic E-state index is 12.4. The maximum Gasteiger partial charge on any atom is 0.308 e. The Balaban J connectivity index is 2.00. The van der Waals surface area contributed by atoms with Crippen molar-refractivity contribution in [3.8, 4) is 0 Å². The van der Waals surface area contributed by atoms with Crippen LogP contribution in [0.4, 0.5) is 0 Å². The zero-order valence-corrected chi connectivity index (χ0v) is 24.0. The molecule has 4 atom stereocenters. The molecule has 0 aliphatic heterocycles. The monoisotopic (exact) mass is 497 g/mol. The van der Waals surface area contributed by atoms with Gasteiger partial charge in [0.1, 0.15) is 6.10 Å². The van der Waals surface area contributed by atoms with Crippen LogP contribution in [-0.2, 0) is 19.0 Å². The van der Waals surface area contributed by atoms with Crippen LogP contribution in [0, 0.1) is 11.8 Å². The fraction of sp³-hybridized carbons (Fsp3) is 0.967. The highest BCUT2D eigenvalue weighted by Crippen LogP contribution is 2.38. The number of likely N-dealkylation sites (N-methyl/N-ethyl adjacent to an activating group) is 1. The van der Waals surface area contributed by atoms with Gasteiger partial charge in [-0.25, -0.2) is 0 Å². The van der Waals surface area contributed by atoms with Gasteiger partial charge in [-0.2, -0.15) is 0 Å². The Hall–Kier alpha value is -0.650. The lowest BCUT2D eigenvalue weighted by molar-refractivity contribution is -0.150. The van der Waals surface area contributed by atoms with E-state index in [2.05, 4.69) is 32.8 Å². The van der Waals surface area contributed by atoms with Gasteiger partial charge in [-0.1, -0.05) is 91.4 Å². The number of rotatable bonds is 25. The first-order valence-electron chi connectivity index (χ1n) is 15.0. The normalized spacial score (nSPS) is 19.1. The van der Waals surface area contributed by atoms with Crippen LogP contribution in [0.15, 0.2) is 0 Å². The van der Waals surface area contributed by atoms with Gasteiger partial charge in [0, 0.05) is 13.2 Å². The topological polar surface area (TPSA) is 48.0 Å². The molecular formula is C30H59NO4. The van der Waals surface area contributed by atoms with Crippen LogP contribution < -0.4 is 0 Å². The summed E-state index contributed by atoms with van der Waals surface area (Å²) in [5, 5.41) is 0. The van der Waals surface area contributed by atoms with Crippen LogP contribution in [0.2, 0.25) is 0 Å². The SMILES string of the molecule is CCCCCCCCC1CC1OC(=O)C(C)CCCCOCC(COCCCCCCC)N(C)C. The molecule has 0 N–H and O–H groups in total. The van der Waals surface area contributed by atoms with Gasteiger partial charge in [0.15, 0.2) is 0 Å². The van der Waals surface area contributed by atoms with Crippen LogP contribution in [0.5, 0.6) is 0 Å². The van der Waals surface area contributed by atoms with Gasteiger partial charge >= 0.3 is 5.97 Å². The summed E-state index contributed by atoms with van der Waals surface area (Å²) in [6.45, 7) is 9.53. The average Bonchev–Trinajstić information content (AvgIpc) is 3.58. The number of ether oxygens (including phenoxy) is 3. The largest absolute Gasteiger partial charge is 0.462 e. The Labute approximate surface area is 218 Å². The van der Waals surface area contributed by atoms with Crippen LogP contribution in [0.25, 0.3) is 0 Å².